The number of likely N-dealkylation sites (tertiary alicyclic amines) is 1. The molecule has 0 saturated carbocycles. The van der Waals surface area contributed by atoms with Crippen LogP contribution in [0.15, 0.2) is 90.1 Å². The van der Waals surface area contributed by atoms with Gasteiger partial charge >= 0.3 is 0 Å². The van der Waals surface area contributed by atoms with Crippen molar-refractivity contribution < 1.29 is 14.3 Å². The lowest BCUT2D eigenvalue weighted by atomic mass is 9.90. The number of para-hydroxylation sites is 3. The molecule has 2 aliphatic rings. The van der Waals surface area contributed by atoms with Gasteiger partial charge in [-0.25, -0.2) is 0 Å². The Balaban J connectivity index is 1.12. The zero-order valence-corrected chi connectivity index (χ0v) is 21.9. The molecule has 1 aromatic heterocycles. The predicted molar refractivity (Wildman–Crippen MR) is 147 cm³/mol. The highest BCUT2D eigenvalue weighted by atomic mass is 32.2. The van der Waals surface area contributed by atoms with Gasteiger partial charge in [-0.3, -0.25) is 9.36 Å². The minimum Gasteiger partial charge on any atom is -0.485 e. The van der Waals surface area contributed by atoms with E-state index in [1.807, 2.05) is 64.1 Å². The van der Waals surface area contributed by atoms with Gasteiger partial charge in [0.05, 0.1) is 5.75 Å². The van der Waals surface area contributed by atoms with Crippen molar-refractivity contribution in [3.8, 4) is 17.2 Å². The van der Waals surface area contributed by atoms with E-state index in [0.717, 1.165) is 43.8 Å². The number of amides is 1. The number of benzene rings is 3. The number of rotatable bonds is 7. The van der Waals surface area contributed by atoms with Crippen LogP contribution in [0.3, 0.4) is 0 Å². The highest BCUT2D eigenvalue weighted by Crippen LogP contribution is 2.37. The second-order valence-corrected chi connectivity index (χ2v) is 10.6. The number of nitrogens with zero attached hydrogens (tertiary/aromatic N) is 4. The molecule has 38 heavy (non-hydrogen) atoms. The van der Waals surface area contributed by atoms with Crippen LogP contribution in [-0.4, -0.2) is 51.0 Å². The molecule has 0 spiro atoms. The highest BCUT2D eigenvalue weighted by Gasteiger charge is 2.30. The van der Waals surface area contributed by atoms with Crippen LogP contribution in [0.1, 0.15) is 30.3 Å². The van der Waals surface area contributed by atoms with Gasteiger partial charge in [-0.15, -0.1) is 10.2 Å². The number of hydrogen-bond acceptors (Lipinski definition) is 6. The minimum atomic E-state index is -0.411. The van der Waals surface area contributed by atoms with Gasteiger partial charge in [-0.1, -0.05) is 72.4 Å². The second-order valence-electron chi connectivity index (χ2n) is 9.68. The first kappa shape index (κ1) is 24.6. The summed E-state index contributed by atoms with van der Waals surface area (Å²) in [5.74, 6) is 3.15. The Bertz CT molecular complexity index is 1370. The predicted octanol–water partition coefficient (Wildman–Crippen LogP) is 5.35. The van der Waals surface area contributed by atoms with Crippen LogP contribution >= 0.6 is 11.8 Å². The van der Waals surface area contributed by atoms with Crippen LogP contribution < -0.4 is 9.47 Å². The topological polar surface area (TPSA) is 69.5 Å². The van der Waals surface area contributed by atoms with E-state index in [2.05, 4.69) is 40.5 Å². The Morgan fingerprint density at radius 2 is 1.55 bits per heavy atom. The maximum absolute atomic E-state index is 13.1. The SMILES string of the molecule is O=C(CSc1nnc([C@@H]2COc3ccccc3O2)n1-c1ccccc1)N1CCC(Cc2ccccc2)CC1. The van der Waals surface area contributed by atoms with E-state index in [9.17, 15) is 4.79 Å². The van der Waals surface area contributed by atoms with Crippen LogP contribution in [0.2, 0.25) is 0 Å². The first-order chi connectivity index (χ1) is 18.7. The van der Waals surface area contributed by atoms with Gasteiger partial charge < -0.3 is 14.4 Å². The molecule has 194 valence electrons. The summed E-state index contributed by atoms with van der Waals surface area (Å²) in [4.78, 5) is 15.1. The van der Waals surface area contributed by atoms with Crippen LogP contribution in [0.5, 0.6) is 11.5 Å². The van der Waals surface area contributed by atoms with Gasteiger partial charge in [0, 0.05) is 18.8 Å². The molecule has 0 N–H and O–H groups in total. The lowest BCUT2D eigenvalue weighted by Crippen LogP contribution is -2.39. The lowest BCUT2D eigenvalue weighted by molar-refractivity contribution is -0.129. The fourth-order valence-corrected chi connectivity index (χ4v) is 5.96. The van der Waals surface area contributed by atoms with Gasteiger partial charge in [0.25, 0.3) is 0 Å². The number of fused-ring (bicyclic) bond motifs is 1. The quantitative estimate of drug-likeness (QED) is 0.302. The van der Waals surface area contributed by atoms with Crippen molar-refractivity contribution in [1.82, 2.24) is 19.7 Å². The van der Waals surface area contributed by atoms with E-state index in [-0.39, 0.29) is 5.91 Å². The zero-order chi connectivity index (χ0) is 25.7. The molecule has 0 unspecified atom stereocenters. The van der Waals surface area contributed by atoms with Crippen molar-refractivity contribution in [3.05, 3.63) is 96.3 Å². The number of carbonyl (C=O) groups excluding carboxylic acids is 1. The summed E-state index contributed by atoms with van der Waals surface area (Å²) in [6.07, 6.45) is 2.75. The van der Waals surface area contributed by atoms with Crippen molar-refractivity contribution in [2.24, 2.45) is 5.92 Å². The Hall–Kier alpha value is -3.78. The average Bonchev–Trinajstić information content (AvgIpc) is 3.41. The molecule has 6 rings (SSSR count). The summed E-state index contributed by atoms with van der Waals surface area (Å²) in [7, 11) is 0. The number of aromatic nitrogens is 3. The van der Waals surface area contributed by atoms with Gasteiger partial charge in [-0.05, 0) is 55.0 Å². The standard InChI is InChI=1S/C30H30N4O3S/c35-28(33-17-15-23(16-18-33)19-22-9-3-1-4-10-22)21-38-30-32-31-29(34(30)24-11-5-2-6-12-24)27-20-36-25-13-7-8-14-26(25)37-27/h1-14,23,27H,15-21H2/t27-/m0/s1. The molecule has 2 aliphatic heterocycles. The van der Waals surface area contributed by atoms with Crippen molar-refractivity contribution in [2.45, 2.75) is 30.5 Å². The van der Waals surface area contributed by atoms with E-state index >= 15 is 0 Å². The summed E-state index contributed by atoms with van der Waals surface area (Å²) in [6, 6.07) is 28.2. The molecule has 7 nitrogen and oxygen atoms in total. The van der Waals surface area contributed by atoms with Gasteiger partial charge in [-0.2, -0.15) is 0 Å². The van der Waals surface area contributed by atoms with Crippen molar-refractivity contribution in [2.75, 3.05) is 25.4 Å². The molecule has 3 heterocycles. The largest absolute Gasteiger partial charge is 0.485 e. The molecule has 1 atom stereocenters. The molecule has 4 aromatic rings. The molecule has 0 aliphatic carbocycles. The Labute approximate surface area is 226 Å². The van der Waals surface area contributed by atoms with Crippen LogP contribution in [0, 0.1) is 5.92 Å². The third-order valence-corrected chi connectivity index (χ3v) is 8.04. The minimum absolute atomic E-state index is 0.142. The van der Waals surface area contributed by atoms with Gasteiger partial charge in [0.15, 0.2) is 28.6 Å². The summed E-state index contributed by atoms with van der Waals surface area (Å²) in [5, 5.41) is 9.63. The Morgan fingerprint density at radius 1 is 0.868 bits per heavy atom. The molecular formula is C30H30N4O3S. The van der Waals surface area contributed by atoms with Crippen molar-refractivity contribution in [3.63, 3.8) is 0 Å². The molecule has 3 aromatic carbocycles. The maximum atomic E-state index is 13.1. The lowest BCUT2D eigenvalue weighted by Gasteiger charge is -2.32. The van der Waals surface area contributed by atoms with E-state index in [0.29, 0.717) is 35.0 Å². The number of hydrogen-bond donors (Lipinski definition) is 0. The van der Waals surface area contributed by atoms with Crippen LogP contribution in [0.25, 0.3) is 5.69 Å². The maximum Gasteiger partial charge on any atom is 0.233 e. The number of ether oxygens (including phenoxy) is 2. The first-order valence-corrected chi connectivity index (χ1v) is 14.1. The van der Waals surface area contributed by atoms with E-state index in [1.165, 1.54) is 17.3 Å². The highest BCUT2D eigenvalue weighted by molar-refractivity contribution is 7.99. The average molecular weight is 527 g/mol. The normalized spacial score (nSPS) is 17.4. The van der Waals surface area contributed by atoms with E-state index < -0.39 is 6.10 Å². The summed E-state index contributed by atoms with van der Waals surface area (Å²) >= 11 is 1.42. The summed E-state index contributed by atoms with van der Waals surface area (Å²) in [6.45, 7) is 1.95. The zero-order valence-electron chi connectivity index (χ0n) is 21.1. The second kappa shape index (κ2) is 11.3. The third-order valence-electron chi connectivity index (χ3n) is 7.13. The molecular weight excluding hydrogens is 496 g/mol. The van der Waals surface area contributed by atoms with Crippen LogP contribution in [0.4, 0.5) is 0 Å². The number of carbonyl (C=O) groups is 1. The van der Waals surface area contributed by atoms with E-state index in [1.54, 1.807) is 0 Å². The molecule has 0 bridgehead atoms. The number of piperidine rings is 1. The fraction of sp³-hybridized carbons (Fsp3) is 0.300. The number of thioether (sulfide) groups is 1. The monoisotopic (exact) mass is 526 g/mol. The van der Waals surface area contributed by atoms with Gasteiger partial charge in [0.1, 0.15) is 6.61 Å². The van der Waals surface area contributed by atoms with Crippen molar-refractivity contribution >= 4 is 17.7 Å². The molecule has 0 radical (unpaired) electrons. The molecule has 1 fully saturated rings. The fourth-order valence-electron chi connectivity index (χ4n) is 5.10. The summed E-state index contributed by atoms with van der Waals surface area (Å²) < 4.78 is 14.2. The van der Waals surface area contributed by atoms with Crippen molar-refractivity contribution in [1.29, 1.82) is 0 Å². The molecule has 8 heteroatoms. The van der Waals surface area contributed by atoms with E-state index in [4.69, 9.17) is 9.47 Å². The van der Waals surface area contributed by atoms with Gasteiger partial charge in [0.2, 0.25) is 5.91 Å². The first-order valence-electron chi connectivity index (χ1n) is 13.1. The van der Waals surface area contributed by atoms with Crippen LogP contribution in [-0.2, 0) is 11.2 Å². The third kappa shape index (κ3) is 5.41. The molecule has 1 amide bonds. The molecule has 1 saturated heterocycles. The summed E-state index contributed by atoms with van der Waals surface area (Å²) in [5.41, 5.74) is 2.30. The Morgan fingerprint density at radius 3 is 2.32 bits per heavy atom. The Kier molecular flexibility index (Phi) is 7.31. The smallest absolute Gasteiger partial charge is 0.233 e.